The lowest BCUT2D eigenvalue weighted by molar-refractivity contribution is -0.113. The summed E-state index contributed by atoms with van der Waals surface area (Å²) in [6.45, 7) is 0. The van der Waals surface area contributed by atoms with Crippen molar-refractivity contribution in [2.75, 3.05) is 11.1 Å². The van der Waals surface area contributed by atoms with Gasteiger partial charge < -0.3 is 4.57 Å². The summed E-state index contributed by atoms with van der Waals surface area (Å²) in [6.07, 6.45) is 6.09. The molecule has 0 unspecified atom stereocenters. The number of carbonyl (C=O) groups is 1. The predicted octanol–water partition coefficient (Wildman–Crippen LogP) is 5.42. The van der Waals surface area contributed by atoms with E-state index >= 15 is 0 Å². The van der Waals surface area contributed by atoms with Gasteiger partial charge in [0.2, 0.25) is 11.0 Å². The first-order chi connectivity index (χ1) is 14.5. The zero-order valence-electron chi connectivity index (χ0n) is 16.3. The van der Waals surface area contributed by atoms with E-state index in [2.05, 4.69) is 25.7 Å². The molecule has 2 heterocycles. The number of thioether (sulfide) groups is 1. The Morgan fingerprint density at radius 2 is 2.00 bits per heavy atom. The van der Waals surface area contributed by atoms with Gasteiger partial charge in [0.15, 0.2) is 11.0 Å². The lowest BCUT2D eigenvalue weighted by Gasteiger charge is -2.18. The second-order valence-corrected chi connectivity index (χ2v) is 9.90. The molecule has 2 aromatic heterocycles. The van der Waals surface area contributed by atoms with Gasteiger partial charge in [0.1, 0.15) is 5.01 Å². The monoisotopic (exact) mass is 482 g/mol. The number of hydrogen-bond acceptors (Lipinski definition) is 7. The molecule has 7 nitrogen and oxygen atoms in total. The molecule has 1 saturated carbocycles. The Hall–Kier alpha value is -1.68. The van der Waals surface area contributed by atoms with Gasteiger partial charge in [0.25, 0.3) is 0 Å². The molecule has 158 valence electrons. The van der Waals surface area contributed by atoms with Crippen molar-refractivity contribution >= 4 is 57.3 Å². The quantitative estimate of drug-likeness (QED) is 0.472. The van der Waals surface area contributed by atoms with Crippen molar-refractivity contribution in [1.82, 2.24) is 25.0 Å². The van der Waals surface area contributed by atoms with E-state index in [1.807, 2.05) is 7.05 Å². The van der Waals surface area contributed by atoms with Crippen LogP contribution in [0.15, 0.2) is 23.4 Å². The zero-order valence-corrected chi connectivity index (χ0v) is 19.4. The van der Waals surface area contributed by atoms with Gasteiger partial charge in [-0.2, -0.15) is 0 Å². The highest BCUT2D eigenvalue weighted by Crippen LogP contribution is 2.35. The van der Waals surface area contributed by atoms with Crippen LogP contribution >= 0.6 is 46.3 Å². The Kier molecular flexibility index (Phi) is 6.92. The number of rotatable bonds is 6. The van der Waals surface area contributed by atoms with Crippen LogP contribution in [0.2, 0.25) is 10.0 Å². The van der Waals surface area contributed by atoms with Crippen molar-refractivity contribution < 1.29 is 4.79 Å². The van der Waals surface area contributed by atoms with Crippen LogP contribution in [0.4, 0.5) is 5.13 Å². The topological polar surface area (TPSA) is 85.6 Å². The number of hydrogen-bond donors (Lipinski definition) is 1. The first kappa shape index (κ1) is 21.5. The van der Waals surface area contributed by atoms with Crippen molar-refractivity contribution in [2.45, 2.75) is 43.2 Å². The summed E-state index contributed by atoms with van der Waals surface area (Å²) in [6, 6.07) is 5.22. The smallest absolute Gasteiger partial charge is 0.236 e. The number of carbonyl (C=O) groups excluding carboxylic acids is 1. The minimum absolute atomic E-state index is 0.152. The fraction of sp³-hybridized carbons (Fsp3) is 0.421. The summed E-state index contributed by atoms with van der Waals surface area (Å²) < 4.78 is 1.80. The van der Waals surface area contributed by atoms with Crippen molar-refractivity contribution in [1.29, 1.82) is 0 Å². The minimum atomic E-state index is -0.152. The molecule has 1 aromatic carbocycles. The average molecular weight is 483 g/mol. The number of amides is 1. The molecule has 0 bridgehead atoms. The van der Waals surface area contributed by atoms with E-state index < -0.39 is 0 Å². The molecular formula is C19H20Cl2N6OS2. The molecule has 4 rings (SSSR count). The van der Waals surface area contributed by atoms with Crippen molar-refractivity contribution in [3.63, 3.8) is 0 Å². The van der Waals surface area contributed by atoms with Crippen LogP contribution in [-0.4, -0.2) is 36.6 Å². The normalized spacial score (nSPS) is 14.8. The lowest BCUT2D eigenvalue weighted by atomic mass is 9.90. The predicted molar refractivity (Wildman–Crippen MR) is 122 cm³/mol. The summed E-state index contributed by atoms with van der Waals surface area (Å²) in [4.78, 5) is 12.4. The Labute approximate surface area is 192 Å². The fourth-order valence-corrected chi connectivity index (χ4v) is 5.56. The number of nitrogens with one attached hydrogen (secondary N) is 1. The zero-order chi connectivity index (χ0) is 21.1. The third-order valence-electron chi connectivity index (χ3n) is 4.98. The van der Waals surface area contributed by atoms with E-state index in [4.69, 9.17) is 23.2 Å². The number of nitrogens with zero attached hydrogens (tertiary/aromatic N) is 5. The molecule has 0 saturated heterocycles. The van der Waals surface area contributed by atoms with Crippen molar-refractivity contribution in [3.8, 4) is 11.4 Å². The lowest BCUT2D eigenvalue weighted by Crippen LogP contribution is -2.14. The van der Waals surface area contributed by atoms with Crippen LogP contribution in [0.5, 0.6) is 0 Å². The minimum Gasteiger partial charge on any atom is -0.305 e. The maximum absolute atomic E-state index is 12.4. The maximum atomic E-state index is 12.4. The molecule has 30 heavy (non-hydrogen) atoms. The molecule has 1 aliphatic carbocycles. The molecule has 1 fully saturated rings. The molecule has 11 heteroatoms. The van der Waals surface area contributed by atoms with E-state index in [0.717, 1.165) is 23.4 Å². The Bertz CT molecular complexity index is 1050. The standard InChI is InChI=1S/C19H20Cl2N6OS2/c1-27-16(13-8-7-12(20)9-14(13)21)23-26-19(27)29-10-15(28)22-18-25-24-17(30-18)11-5-3-2-4-6-11/h7-9,11H,2-6,10H2,1H3,(H,22,25,28). The maximum Gasteiger partial charge on any atom is 0.236 e. The third-order valence-corrected chi connectivity index (χ3v) is 7.55. The van der Waals surface area contributed by atoms with E-state index in [1.165, 1.54) is 42.4 Å². The second kappa shape index (κ2) is 9.64. The van der Waals surface area contributed by atoms with Crippen LogP contribution in [-0.2, 0) is 11.8 Å². The van der Waals surface area contributed by atoms with Gasteiger partial charge in [-0.15, -0.1) is 20.4 Å². The number of halogens is 2. The Balaban J connectivity index is 1.35. The SMILES string of the molecule is Cn1c(SCC(=O)Nc2nnc(C3CCCCC3)s2)nnc1-c1ccc(Cl)cc1Cl. The van der Waals surface area contributed by atoms with E-state index in [0.29, 0.717) is 32.1 Å². The molecule has 0 spiro atoms. The van der Waals surface area contributed by atoms with Crippen LogP contribution in [0, 0.1) is 0 Å². The third kappa shape index (κ3) is 4.96. The van der Waals surface area contributed by atoms with Gasteiger partial charge in [0.05, 0.1) is 10.8 Å². The largest absolute Gasteiger partial charge is 0.305 e. The molecular weight excluding hydrogens is 463 g/mol. The molecule has 1 N–H and O–H groups in total. The molecule has 1 aliphatic rings. The molecule has 1 amide bonds. The molecule has 0 aliphatic heterocycles. The number of anilines is 1. The van der Waals surface area contributed by atoms with Gasteiger partial charge in [-0.1, -0.05) is 65.6 Å². The van der Waals surface area contributed by atoms with Gasteiger partial charge in [-0.25, -0.2) is 0 Å². The second-order valence-electron chi connectivity index (χ2n) is 7.11. The average Bonchev–Trinajstić information content (AvgIpc) is 3.34. The first-order valence-corrected chi connectivity index (χ1v) is 12.2. The number of benzene rings is 1. The van der Waals surface area contributed by atoms with Crippen LogP contribution < -0.4 is 5.32 Å². The van der Waals surface area contributed by atoms with E-state index in [1.54, 1.807) is 22.8 Å². The summed E-state index contributed by atoms with van der Waals surface area (Å²) >= 11 is 15.0. The highest BCUT2D eigenvalue weighted by molar-refractivity contribution is 7.99. The fourth-order valence-electron chi connectivity index (χ4n) is 3.43. The van der Waals surface area contributed by atoms with Gasteiger partial charge in [-0.05, 0) is 31.0 Å². The first-order valence-electron chi connectivity index (χ1n) is 9.62. The molecule has 0 atom stereocenters. The Morgan fingerprint density at radius 3 is 2.77 bits per heavy atom. The molecule has 0 radical (unpaired) electrons. The summed E-state index contributed by atoms with van der Waals surface area (Å²) in [5, 5.41) is 22.9. The van der Waals surface area contributed by atoms with Gasteiger partial charge in [-0.3, -0.25) is 10.1 Å². The van der Waals surface area contributed by atoms with Crippen LogP contribution in [0.3, 0.4) is 0 Å². The van der Waals surface area contributed by atoms with Crippen molar-refractivity contribution in [3.05, 3.63) is 33.3 Å². The van der Waals surface area contributed by atoms with Crippen LogP contribution in [0.1, 0.15) is 43.0 Å². The van der Waals surface area contributed by atoms with E-state index in [-0.39, 0.29) is 11.7 Å². The highest BCUT2D eigenvalue weighted by Gasteiger charge is 2.20. The summed E-state index contributed by atoms with van der Waals surface area (Å²) in [7, 11) is 1.84. The van der Waals surface area contributed by atoms with E-state index in [9.17, 15) is 4.79 Å². The Morgan fingerprint density at radius 1 is 1.20 bits per heavy atom. The molecule has 3 aromatic rings. The van der Waals surface area contributed by atoms with Crippen molar-refractivity contribution in [2.24, 2.45) is 7.05 Å². The highest BCUT2D eigenvalue weighted by atomic mass is 35.5. The van der Waals surface area contributed by atoms with Gasteiger partial charge >= 0.3 is 0 Å². The van der Waals surface area contributed by atoms with Gasteiger partial charge in [0, 0.05) is 23.6 Å². The number of aromatic nitrogens is 5. The summed E-state index contributed by atoms with van der Waals surface area (Å²) in [5.41, 5.74) is 0.733. The summed E-state index contributed by atoms with van der Waals surface area (Å²) in [5.74, 6) is 1.13. The van der Waals surface area contributed by atoms with Crippen LogP contribution in [0.25, 0.3) is 11.4 Å².